The van der Waals surface area contributed by atoms with E-state index in [4.69, 9.17) is 20.4 Å². The Balaban J connectivity index is 1.19. The summed E-state index contributed by atoms with van der Waals surface area (Å²) in [6.07, 6.45) is 4.15. The maximum Gasteiger partial charge on any atom is 0.227 e. The first kappa shape index (κ1) is 19.5. The zero-order chi connectivity index (χ0) is 22.2. The maximum absolute atomic E-state index is 6.04. The highest BCUT2D eigenvalue weighted by Gasteiger charge is 2.09. The summed E-state index contributed by atoms with van der Waals surface area (Å²) < 4.78 is 11.7. The summed E-state index contributed by atoms with van der Waals surface area (Å²) in [7, 11) is 0. The van der Waals surface area contributed by atoms with Crippen molar-refractivity contribution >= 4 is 46.0 Å². The number of oxazole rings is 2. The van der Waals surface area contributed by atoms with E-state index < -0.39 is 0 Å². The van der Waals surface area contributed by atoms with Gasteiger partial charge in [-0.1, -0.05) is 60.2 Å². The van der Waals surface area contributed by atoms with Gasteiger partial charge in [0.15, 0.2) is 11.2 Å². The number of nitrogens with zero attached hydrogens (tertiary/aromatic N) is 2. The molecule has 0 radical (unpaired) electrons. The largest absolute Gasteiger partial charge is 0.436 e. The average Bonchev–Trinajstić information content (AvgIpc) is 3.47. The lowest BCUT2D eigenvalue weighted by Crippen LogP contribution is -1.79. The molecule has 2 heterocycles. The number of fused-ring (bicyclic) bond motifs is 2. The number of hydrogen-bond acceptors (Lipinski definition) is 4. The lowest BCUT2D eigenvalue weighted by Gasteiger charge is -1.99. The number of halogens is 1. The number of aromatic nitrogens is 2. The zero-order valence-corrected chi connectivity index (χ0v) is 18.2. The average molecular weight is 449 g/mol. The first-order valence-electron chi connectivity index (χ1n) is 10.5. The zero-order valence-electron chi connectivity index (χ0n) is 17.4. The van der Waals surface area contributed by atoms with Gasteiger partial charge in [0.2, 0.25) is 11.8 Å². The highest BCUT2D eigenvalue weighted by Crippen LogP contribution is 2.27. The first-order valence-corrected chi connectivity index (χ1v) is 10.9. The van der Waals surface area contributed by atoms with Crippen molar-refractivity contribution < 1.29 is 8.83 Å². The minimum absolute atomic E-state index is 0.581. The Morgan fingerprint density at radius 2 is 1.12 bits per heavy atom. The smallest absolute Gasteiger partial charge is 0.227 e. The summed E-state index contributed by atoms with van der Waals surface area (Å²) in [5.74, 6) is 1.21. The molecule has 6 rings (SSSR count). The van der Waals surface area contributed by atoms with E-state index in [1.165, 1.54) is 0 Å². The fourth-order valence-corrected chi connectivity index (χ4v) is 3.85. The standard InChI is InChI=1S/C28H17ClN2O2/c29-22-15-16-26-24(17-22)31-28(33-26)21-13-9-19(10-14-21)6-5-18-7-11-20(12-8-18)27-30-23-3-1-2-4-25(23)32-27/h1-17H. The second-order valence-corrected chi connectivity index (χ2v) is 8.13. The highest BCUT2D eigenvalue weighted by atomic mass is 35.5. The van der Waals surface area contributed by atoms with E-state index >= 15 is 0 Å². The molecule has 5 heteroatoms. The van der Waals surface area contributed by atoms with Gasteiger partial charge in [-0.25, -0.2) is 9.97 Å². The normalized spacial score (nSPS) is 11.7. The summed E-state index contributed by atoms with van der Waals surface area (Å²) in [5, 5.41) is 0.643. The molecule has 0 amide bonds. The summed E-state index contributed by atoms with van der Waals surface area (Å²) in [6.45, 7) is 0. The van der Waals surface area contributed by atoms with Crippen LogP contribution in [0, 0.1) is 0 Å². The van der Waals surface area contributed by atoms with Crippen LogP contribution in [0.4, 0.5) is 0 Å². The summed E-state index contributed by atoms with van der Waals surface area (Å²) in [5.41, 5.74) is 7.18. The van der Waals surface area contributed by atoms with E-state index in [0.29, 0.717) is 16.8 Å². The third-order valence-electron chi connectivity index (χ3n) is 5.43. The van der Waals surface area contributed by atoms with Crippen LogP contribution in [0.3, 0.4) is 0 Å². The Kier molecular flexibility index (Phi) is 4.78. The van der Waals surface area contributed by atoms with Crippen LogP contribution in [0.25, 0.3) is 57.3 Å². The van der Waals surface area contributed by atoms with Gasteiger partial charge in [0, 0.05) is 16.1 Å². The molecule has 33 heavy (non-hydrogen) atoms. The van der Waals surface area contributed by atoms with Crippen LogP contribution in [-0.2, 0) is 0 Å². The van der Waals surface area contributed by atoms with Crippen molar-refractivity contribution in [3.63, 3.8) is 0 Å². The summed E-state index contributed by atoms with van der Waals surface area (Å²) >= 11 is 6.04. The van der Waals surface area contributed by atoms with Crippen LogP contribution in [0.15, 0.2) is 99.8 Å². The van der Waals surface area contributed by atoms with Crippen LogP contribution in [0.5, 0.6) is 0 Å². The van der Waals surface area contributed by atoms with Crippen molar-refractivity contribution in [3.05, 3.63) is 107 Å². The second kappa shape index (κ2) is 8.08. The number of rotatable bonds is 4. The van der Waals surface area contributed by atoms with Crippen molar-refractivity contribution in [2.24, 2.45) is 0 Å². The molecule has 0 spiro atoms. The lowest BCUT2D eigenvalue weighted by atomic mass is 10.1. The van der Waals surface area contributed by atoms with Gasteiger partial charge in [-0.05, 0) is 65.7 Å². The molecule has 4 aromatic carbocycles. The molecule has 0 saturated heterocycles. The van der Waals surface area contributed by atoms with Crippen molar-refractivity contribution in [1.29, 1.82) is 0 Å². The highest BCUT2D eigenvalue weighted by molar-refractivity contribution is 6.31. The van der Waals surface area contributed by atoms with E-state index in [1.807, 2.05) is 66.7 Å². The Labute approximate surface area is 194 Å². The molecule has 0 N–H and O–H groups in total. The monoisotopic (exact) mass is 448 g/mol. The van der Waals surface area contributed by atoms with E-state index in [1.54, 1.807) is 12.1 Å². The topological polar surface area (TPSA) is 52.1 Å². The van der Waals surface area contributed by atoms with Gasteiger partial charge in [0.05, 0.1) is 0 Å². The molecule has 0 aliphatic heterocycles. The molecular formula is C28H17ClN2O2. The van der Waals surface area contributed by atoms with Crippen molar-refractivity contribution in [1.82, 2.24) is 9.97 Å². The molecule has 0 aliphatic carbocycles. The molecule has 0 atom stereocenters. The van der Waals surface area contributed by atoms with Gasteiger partial charge >= 0.3 is 0 Å². The van der Waals surface area contributed by atoms with Crippen LogP contribution in [0.2, 0.25) is 5.02 Å². The Hall–Kier alpha value is -4.15. The van der Waals surface area contributed by atoms with Gasteiger partial charge in [-0.2, -0.15) is 0 Å². The lowest BCUT2D eigenvalue weighted by molar-refractivity contribution is 0.619. The predicted molar refractivity (Wildman–Crippen MR) is 133 cm³/mol. The Morgan fingerprint density at radius 1 is 0.576 bits per heavy atom. The van der Waals surface area contributed by atoms with Crippen molar-refractivity contribution in [3.8, 4) is 22.9 Å². The molecule has 0 aliphatic rings. The quantitative estimate of drug-likeness (QED) is 0.255. The fourth-order valence-electron chi connectivity index (χ4n) is 3.69. The molecule has 6 aromatic rings. The fraction of sp³-hybridized carbons (Fsp3) is 0. The molecule has 0 fully saturated rings. The molecule has 0 unspecified atom stereocenters. The molecule has 0 bridgehead atoms. The summed E-state index contributed by atoms with van der Waals surface area (Å²) in [6, 6.07) is 29.4. The van der Waals surface area contributed by atoms with Gasteiger partial charge in [-0.3, -0.25) is 0 Å². The van der Waals surface area contributed by atoms with Crippen molar-refractivity contribution in [2.45, 2.75) is 0 Å². The molecule has 4 nitrogen and oxygen atoms in total. The minimum atomic E-state index is 0.581. The Morgan fingerprint density at radius 3 is 1.73 bits per heavy atom. The number of benzene rings is 4. The third kappa shape index (κ3) is 3.93. The van der Waals surface area contributed by atoms with Gasteiger partial charge < -0.3 is 8.83 Å². The van der Waals surface area contributed by atoms with Gasteiger partial charge in [-0.15, -0.1) is 0 Å². The number of para-hydroxylation sites is 2. The van der Waals surface area contributed by atoms with E-state index in [-0.39, 0.29) is 0 Å². The summed E-state index contributed by atoms with van der Waals surface area (Å²) in [4.78, 5) is 9.09. The van der Waals surface area contributed by atoms with Gasteiger partial charge in [0.1, 0.15) is 11.0 Å². The predicted octanol–water partition coefficient (Wildman–Crippen LogP) is 8.13. The second-order valence-electron chi connectivity index (χ2n) is 7.70. The first-order chi connectivity index (χ1) is 16.2. The minimum Gasteiger partial charge on any atom is -0.436 e. The van der Waals surface area contributed by atoms with E-state index in [9.17, 15) is 0 Å². The SMILES string of the molecule is Clc1ccc2oc(-c3ccc(C=Cc4ccc(-c5nc6ccccc6o5)cc4)cc3)nc2c1. The Bertz CT molecular complexity index is 1580. The molecule has 0 saturated carbocycles. The van der Waals surface area contributed by atoms with Crippen LogP contribution >= 0.6 is 11.6 Å². The van der Waals surface area contributed by atoms with Crippen LogP contribution in [0.1, 0.15) is 11.1 Å². The van der Waals surface area contributed by atoms with Crippen LogP contribution in [-0.4, -0.2) is 9.97 Å². The van der Waals surface area contributed by atoms with Crippen molar-refractivity contribution in [2.75, 3.05) is 0 Å². The maximum atomic E-state index is 6.04. The van der Waals surface area contributed by atoms with Gasteiger partial charge in [0.25, 0.3) is 0 Å². The van der Waals surface area contributed by atoms with Crippen LogP contribution < -0.4 is 0 Å². The molecular weight excluding hydrogens is 432 g/mol. The number of hydrogen-bond donors (Lipinski definition) is 0. The van der Waals surface area contributed by atoms with E-state index in [0.717, 1.165) is 44.5 Å². The van der Waals surface area contributed by atoms with E-state index in [2.05, 4.69) is 34.3 Å². The third-order valence-corrected chi connectivity index (χ3v) is 5.66. The molecule has 158 valence electrons. The molecule has 2 aromatic heterocycles.